The maximum atomic E-state index is 5.58. The van der Waals surface area contributed by atoms with E-state index in [0.717, 1.165) is 25.2 Å². The molecule has 3 rings (SSSR count). The topological polar surface area (TPSA) is 51.0 Å². The Bertz CT molecular complexity index is 502. The Morgan fingerprint density at radius 1 is 1.40 bits per heavy atom. The number of rotatable bonds is 2. The number of hydrogen-bond acceptors (Lipinski definition) is 2. The molecule has 1 aromatic heterocycles. The van der Waals surface area contributed by atoms with Crippen molar-refractivity contribution in [3.63, 3.8) is 0 Å². The van der Waals surface area contributed by atoms with Crippen LogP contribution in [0.1, 0.15) is 11.1 Å². The molecule has 2 aromatic rings. The van der Waals surface area contributed by atoms with Gasteiger partial charge in [-0.2, -0.15) is 0 Å². The molecule has 0 saturated heterocycles. The van der Waals surface area contributed by atoms with Gasteiger partial charge >= 0.3 is 0 Å². The van der Waals surface area contributed by atoms with Gasteiger partial charge in [0.15, 0.2) is 0 Å². The normalized spacial score (nSPS) is 14.2. The van der Waals surface area contributed by atoms with Gasteiger partial charge in [0.25, 0.3) is 0 Å². The summed E-state index contributed by atoms with van der Waals surface area (Å²) in [5, 5.41) is 1.25. The van der Waals surface area contributed by atoms with Crippen molar-refractivity contribution in [1.82, 2.24) is 4.98 Å². The van der Waals surface area contributed by atoms with Crippen LogP contribution in [0.4, 0.5) is 0 Å². The minimum atomic E-state index is 0.685. The van der Waals surface area contributed by atoms with Gasteiger partial charge in [-0.3, -0.25) is 0 Å². The molecule has 1 aromatic carbocycles. The molecule has 0 atom stereocenters. The summed E-state index contributed by atoms with van der Waals surface area (Å²) in [7, 11) is 0. The zero-order chi connectivity index (χ0) is 10.3. The monoisotopic (exact) mass is 202 g/mol. The summed E-state index contributed by atoms with van der Waals surface area (Å²) in [5.41, 5.74) is 9.37. The first-order valence-electron chi connectivity index (χ1n) is 5.34. The predicted molar refractivity (Wildman–Crippen MR) is 60.3 cm³/mol. The van der Waals surface area contributed by atoms with E-state index in [4.69, 9.17) is 10.5 Å². The highest BCUT2D eigenvalue weighted by atomic mass is 16.5. The summed E-state index contributed by atoms with van der Waals surface area (Å²) in [6, 6.07) is 4.33. The fourth-order valence-electron chi connectivity index (χ4n) is 2.22. The quantitative estimate of drug-likeness (QED) is 0.777. The SMILES string of the molecule is NCCc1c[nH]c2cc3c(cc12)OCC3. The first kappa shape index (κ1) is 8.80. The molecule has 0 spiro atoms. The second kappa shape index (κ2) is 3.28. The second-order valence-electron chi connectivity index (χ2n) is 3.96. The summed E-state index contributed by atoms with van der Waals surface area (Å²) in [6.45, 7) is 1.50. The number of H-pyrrole nitrogens is 1. The highest BCUT2D eigenvalue weighted by Gasteiger charge is 2.14. The van der Waals surface area contributed by atoms with Gasteiger partial charge in [0.05, 0.1) is 6.61 Å². The Labute approximate surface area is 88.2 Å². The van der Waals surface area contributed by atoms with E-state index in [0.29, 0.717) is 6.54 Å². The van der Waals surface area contributed by atoms with Crippen LogP contribution < -0.4 is 10.5 Å². The molecule has 3 N–H and O–H groups in total. The van der Waals surface area contributed by atoms with Gasteiger partial charge in [-0.1, -0.05) is 0 Å². The molecular weight excluding hydrogens is 188 g/mol. The van der Waals surface area contributed by atoms with Crippen LogP contribution in [-0.2, 0) is 12.8 Å². The number of nitrogens with one attached hydrogen (secondary N) is 1. The largest absolute Gasteiger partial charge is 0.493 e. The standard InChI is InChI=1S/C12H14N2O/c13-3-1-9-7-14-11-5-8-2-4-15-12(8)6-10(9)11/h5-7,14H,1-4,13H2. The number of ether oxygens (including phenoxy) is 1. The lowest BCUT2D eigenvalue weighted by molar-refractivity contribution is 0.357. The van der Waals surface area contributed by atoms with E-state index in [2.05, 4.69) is 17.1 Å². The summed E-state index contributed by atoms with van der Waals surface area (Å²) in [6.07, 6.45) is 3.99. The molecule has 0 fully saturated rings. The molecule has 15 heavy (non-hydrogen) atoms. The Morgan fingerprint density at radius 3 is 3.20 bits per heavy atom. The van der Waals surface area contributed by atoms with Crippen molar-refractivity contribution in [2.45, 2.75) is 12.8 Å². The number of aromatic nitrogens is 1. The number of fused-ring (bicyclic) bond motifs is 2. The van der Waals surface area contributed by atoms with Crippen molar-refractivity contribution in [3.8, 4) is 5.75 Å². The Hall–Kier alpha value is -1.48. The average Bonchev–Trinajstić information content (AvgIpc) is 2.82. The van der Waals surface area contributed by atoms with Crippen LogP contribution >= 0.6 is 0 Å². The maximum absolute atomic E-state index is 5.58. The van der Waals surface area contributed by atoms with Gasteiger partial charge in [-0.25, -0.2) is 0 Å². The van der Waals surface area contributed by atoms with Crippen LogP contribution in [0, 0.1) is 0 Å². The highest BCUT2D eigenvalue weighted by Crippen LogP contribution is 2.31. The summed E-state index contributed by atoms with van der Waals surface area (Å²) < 4.78 is 5.56. The molecule has 0 saturated carbocycles. The minimum Gasteiger partial charge on any atom is -0.493 e. The van der Waals surface area contributed by atoms with Crippen molar-refractivity contribution in [3.05, 3.63) is 29.5 Å². The Kier molecular flexibility index (Phi) is 1.92. The van der Waals surface area contributed by atoms with Crippen molar-refractivity contribution in [2.24, 2.45) is 5.73 Å². The van der Waals surface area contributed by atoms with E-state index in [1.165, 1.54) is 22.0 Å². The van der Waals surface area contributed by atoms with E-state index in [-0.39, 0.29) is 0 Å². The molecule has 0 aliphatic carbocycles. The molecule has 3 nitrogen and oxygen atoms in total. The molecular formula is C12H14N2O. The van der Waals surface area contributed by atoms with Crippen molar-refractivity contribution < 1.29 is 4.74 Å². The van der Waals surface area contributed by atoms with Crippen molar-refractivity contribution in [1.29, 1.82) is 0 Å². The zero-order valence-electron chi connectivity index (χ0n) is 8.55. The lowest BCUT2D eigenvalue weighted by Crippen LogP contribution is -2.01. The molecule has 1 aliphatic heterocycles. The van der Waals surface area contributed by atoms with Crippen molar-refractivity contribution >= 4 is 10.9 Å². The Morgan fingerprint density at radius 2 is 2.33 bits per heavy atom. The van der Waals surface area contributed by atoms with Gasteiger partial charge in [0.2, 0.25) is 0 Å². The third-order valence-electron chi connectivity index (χ3n) is 2.99. The van der Waals surface area contributed by atoms with E-state index >= 15 is 0 Å². The van der Waals surface area contributed by atoms with Gasteiger partial charge < -0.3 is 15.5 Å². The van der Waals surface area contributed by atoms with Crippen LogP contribution in [0.15, 0.2) is 18.3 Å². The first-order valence-corrected chi connectivity index (χ1v) is 5.34. The summed E-state index contributed by atoms with van der Waals surface area (Å²) in [4.78, 5) is 3.29. The number of benzene rings is 1. The highest BCUT2D eigenvalue weighted by molar-refractivity contribution is 5.86. The third-order valence-corrected chi connectivity index (χ3v) is 2.99. The molecule has 3 heteroatoms. The average molecular weight is 202 g/mol. The van der Waals surface area contributed by atoms with E-state index in [9.17, 15) is 0 Å². The van der Waals surface area contributed by atoms with Gasteiger partial charge in [0.1, 0.15) is 5.75 Å². The van der Waals surface area contributed by atoms with Gasteiger partial charge in [-0.05, 0) is 36.2 Å². The van der Waals surface area contributed by atoms with Crippen LogP contribution in [0.2, 0.25) is 0 Å². The van der Waals surface area contributed by atoms with Crippen LogP contribution in [0.3, 0.4) is 0 Å². The van der Waals surface area contributed by atoms with Crippen LogP contribution in [0.25, 0.3) is 10.9 Å². The molecule has 0 radical (unpaired) electrons. The summed E-state index contributed by atoms with van der Waals surface area (Å²) >= 11 is 0. The molecule has 1 aliphatic rings. The molecule has 0 unspecified atom stereocenters. The van der Waals surface area contributed by atoms with E-state index in [1.807, 2.05) is 6.20 Å². The number of aromatic amines is 1. The molecule has 0 bridgehead atoms. The van der Waals surface area contributed by atoms with E-state index in [1.54, 1.807) is 0 Å². The minimum absolute atomic E-state index is 0.685. The first-order chi connectivity index (χ1) is 7.38. The third kappa shape index (κ3) is 1.31. The number of nitrogens with two attached hydrogens (primary N) is 1. The zero-order valence-corrected chi connectivity index (χ0v) is 8.55. The number of hydrogen-bond donors (Lipinski definition) is 2. The molecule has 2 heterocycles. The van der Waals surface area contributed by atoms with Gasteiger partial charge in [-0.15, -0.1) is 0 Å². The van der Waals surface area contributed by atoms with Gasteiger partial charge in [0, 0.05) is 23.5 Å². The molecule has 78 valence electrons. The fourth-order valence-corrected chi connectivity index (χ4v) is 2.22. The summed E-state index contributed by atoms with van der Waals surface area (Å²) in [5.74, 6) is 1.04. The smallest absolute Gasteiger partial charge is 0.123 e. The maximum Gasteiger partial charge on any atom is 0.123 e. The van der Waals surface area contributed by atoms with Crippen molar-refractivity contribution in [2.75, 3.05) is 13.2 Å². The second-order valence-corrected chi connectivity index (χ2v) is 3.96. The van der Waals surface area contributed by atoms with E-state index < -0.39 is 0 Å². The fraction of sp³-hybridized carbons (Fsp3) is 0.333. The Balaban J connectivity index is 2.18. The molecule has 0 amide bonds. The van der Waals surface area contributed by atoms with Crippen LogP contribution in [0.5, 0.6) is 5.75 Å². The lowest BCUT2D eigenvalue weighted by Gasteiger charge is -2.00. The predicted octanol–water partition coefficient (Wildman–Crippen LogP) is 1.60. The van der Waals surface area contributed by atoms with Crippen LogP contribution in [-0.4, -0.2) is 18.1 Å². The lowest BCUT2D eigenvalue weighted by atomic mass is 10.1.